The van der Waals surface area contributed by atoms with Crippen LogP contribution in [0.3, 0.4) is 0 Å². The summed E-state index contributed by atoms with van der Waals surface area (Å²) >= 11 is 1.83. The number of piperazine rings is 1. The normalized spacial score (nSPS) is 27.1. The molecular weight excluding hydrogens is 282 g/mol. The van der Waals surface area contributed by atoms with Crippen LogP contribution >= 0.6 is 11.8 Å². The van der Waals surface area contributed by atoms with E-state index >= 15 is 0 Å². The van der Waals surface area contributed by atoms with Gasteiger partial charge in [-0.2, -0.15) is 11.8 Å². The number of hydrogen-bond acceptors (Lipinski definition) is 4. The van der Waals surface area contributed by atoms with Crippen molar-refractivity contribution in [3.05, 3.63) is 0 Å². The molecule has 0 aromatic carbocycles. The van der Waals surface area contributed by atoms with Crippen molar-refractivity contribution in [1.29, 1.82) is 0 Å². The molecule has 2 aliphatic heterocycles. The Hall–Kier alpha value is -1.44. The van der Waals surface area contributed by atoms with Crippen LogP contribution in [0.25, 0.3) is 0 Å². The Labute approximate surface area is 121 Å². The van der Waals surface area contributed by atoms with Crippen LogP contribution in [0.2, 0.25) is 0 Å². The molecule has 3 amide bonds. The Morgan fingerprint density at radius 2 is 2.25 bits per heavy atom. The molecule has 0 bridgehead atoms. The van der Waals surface area contributed by atoms with Crippen molar-refractivity contribution in [3.8, 4) is 0 Å². The van der Waals surface area contributed by atoms with Gasteiger partial charge in [0.05, 0.1) is 0 Å². The Bertz CT molecular complexity index is 418. The third kappa shape index (κ3) is 3.17. The fourth-order valence-electron chi connectivity index (χ4n) is 2.38. The third-order valence-corrected chi connectivity index (χ3v) is 4.95. The van der Waals surface area contributed by atoms with E-state index in [1.54, 1.807) is 4.90 Å². The molecule has 0 spiro atoms. The summed E-state index contributed by atoms with van der Waals surface area (Å²) in [5, 5.41) is 12.0. The number of urea groups is 1. The maximum absolute atomic E-state index is 12.5. The number of carbonyl (C=O) groups is 3. The lowest BCUT2D eigenvalue weighted by Crippen LogP contribution is -2.62. The largest absolute Gasteiger partial charge is 0.480 e. The molecule has 2 atom stereocenters. The highest BCUT2D eigenvalue weighted by molar-refractivity contribution is 8.00. The molecule has 0 aromatic rings. The summed E-state index contributed by atoms with van der Waals surface area (Å²) in [4.78, 5) is 38.0. The molecule has 0 radical (unpaired) electrons. The zero-order valence-electron chi connectivity index (χ0n) is 11.4. The second kappa shape index (κ2) is 6.34. The first kappa shape index (κ1) is 15.0. The van der Waals surface area contributed by atoms with E-state index in [-0.39, 0.29) is 25.0 Å². The van der Waals surface area contributed by atoms with Gasteiger partial charge in [0.25, 0.3) is 0 Å². The molecule has 2 aliphatic rings. The summed E-state index contributed by atoms with van der Waals surface area (Å²) in [6, 6.07) is -1.32. The van der Waals surface area contributed by atoms with Gasteiger partial charge in [0.2, 0.25) is 5.91 Å². The van der Waals surface area contributed by atoms with E-state index in [1.165, 1.54) is 4.90 Å². The first-order valence-corrected chi connectivity index (χ1v) is 7.74. The van der Waals surface area contributed by atoms with E-state index in [9.17, 15) is 19.5 Å². The number of nitrogens with zero attached hydrogens (tertiary/aromatic N) is 2. The van der Waals surface area contributed by atoms with Crippen molar-refractivity contribution < 1.29 is 19.5 Å². The molecule has 2 rings (SSSR count). The number of carboxylic acid groups (broad SMARTS) is 1. The van der Waals surface area contributed by atoms with Crippen molar-refractivity contribution in [2.24, 2.45) is 0 Å². The Balaban J connectivity index is 2.08. The number of carbonyl (C=O) groups excluding carboxylic acids is 2. The molecule has 0 aromatic heterocycles. The highest BCUT2D eigenvalue weighted by Crippen LogP contribution is 2.22. The van der Waals surface area contributed by atoms with Gasteiger partial charge in [-0.3, -0.25) is 9.69 Å². The molecule has 112 valence electrons. The van der Waals surface area contributed by atoms with Crippen molar-refractivity contribution in [2.45, 2.75) is 24.6 Å². The lowest BCUT2D eigenvalue weighted by atomic mass is 10.2. The molecule has 7 nitrogen and oxygen atoms in total. The van der Waals surface area contributed by atoms with Gasteiger partial charge in [-0.05, 0) is 6.42 Å². The van der Waals surface area contributed by atoms with E-state index in [2.05, 4.69) is 12.2 Å². The first-order valence-electron chi connectivity index (χ1n) is 6.69. The minimum Gasteiger partial charge on any atom is -0.480 e. The van der Waals surface area contributed by atoms with Crippen LogP contribution in [-0.4, -0.2) is 76.0 Å². The molecule has 0 aliphatic carbocycles. The number of carboxylic acids is 1. The maximum atomic E-state index is 12.5. The molecule has 2 saturated heterocycles. The monoisotopic (exact) mass is 301 g/mol. The van der Waals surface area contributed by atoms with Crippen LogP contribution in [0.5, 0.6) is 0 Å². The molecule has 2 unspecified atom stereocenters. The molecular formula is C12H19N3O4S. The summed E-state index contributed by atoms with van der Waals surface area (Å²) in [5.74, 6) is -0.548. The van der Waals surface area contributed by atoms with Crippen molar-refractivity contribution >= 4 is 29.7 Å². The van der Waals surface area contributed by atoms with E-state index in [0.717, 1.165) is 12.2 Å². The van der Waals surface area contributed by atoms with E-state index in [1.807, 2.05) is 11.8 Å². The predicted molar refractivity (Wildman–Crippen MR) is 74.6 cm³/mol. The van der Waals surface area contributed by atoms with Crippen LogP contribution < -0.4 is 5.32 Å². The second-order valence-corrected chi connectivity index (χ2v) is 6.32. The summed E-state index contributed by atoms with van der Waals surface area (Å²) in [6.45, 7) is 3.07. The molecule has 8 heteroatoms. The summed E-state index contributed by atoms with van der Waals surface area (Å²) in [6.07, 6.45) is 0.970. The van der Waals surface area contributed by atoms with Crippen molar-refractivity contribution in [1.82, 2.24) is 15.1 Å². The smallest absolute Gasteiger partial charge is 0.328 e. The van der Waals surface area contributed by atoms with Gasteiger partial charge in [0, 0.05) is 30.6 Å². The lowest BCUT2D eigenvalue weighted by Gasteiger charge is -2.39. The van der Waals surface area contributed by atoms with E-state index in [0.29, 0.717) is 18.3 Å². The van der Waals surface area contributed by atoms with Crippen LogP contribution in [-0.2, 0) is 9.59 Å². The zero-order valence-corrected chi connectivity index (χ0v) is 12.2. The topological polar surface area (TPSA) is 90.0 Å². The molecule has 2 N–H and O–H groups in total. The number of hydrogen-bond donors (Lipinski definition) is 2. The standard InChI is InChI=1S/C12H19N3O4S/c1-2-8-6-14(3-4-20-8)12(19)15-7-10(16)13-5-9(15)11(17)18/h8-9H,2-7H2,1H3,(H,13,16)(H,17,18). The van der Waals surface area contributed by atoms with E-state index in [4.69, 9.17) is 0 Å². The summed E-state index contributed by atoms with van der Waals surface area (Å²) in [5.41, 5.74) is 0. The number of amides is 3. The average molecular weight is 301 g/mol. The van der Waals surface area contributed by atoms with Crippen LogP contribution in [0, 0.1) is 0 Å². The van der Waals surface area contributed by atoms with Crippen LogP contribution in [0.4, 0.5) is 4.79 Å². The maximum Gasteiger partial charge on any atom is 0.328 e. The van der Waals surface area contributed by atoms with Crippen LogP contribution in [0.1, 0.15) is 13.3 Å². The highest BCUT2D eigenvalue weighted by Gasteiger charge is 2.38. The molecule has 20 heavy (non-hydrogen) atoms. The first-order chi connectivity index (χ1) is 9.52. The van der Waals surface area contributed by atoms with Gasteiger partial charge in [0.1, 0.15) is 12.6 Å². The Morgan fingerprint density at radius 1 is 1.50 bits per heavy atom. The highest BCUT2D eigenvalue weighted by atomic mass is 32.2. The minimum absolute atomic E-state index is 0.0281. The lowest BCUT2D eigenvalue weighted by molar-refractivity contribution is -0.144. The van der Waals surface area contributed by atoms with Gasteiger partial charge < -0.3 is 15.3 Å². The van der Waals surface area contributed by atoms with Gasteiger partial charge in [0.15, 0.2) is 0 Å². The fourth-order valence-corrected chi connectivity index (χ4v) is 3.56. The number of thioether (sulfide) groups is 1. The van der Waals surface area contributed by atoms with E-state index < -0.39 is 12.0 Å². The Kier molecular flexibility index (Phi) is 4.74. The number of nitrogens with one attached hydrogen (secondary N) is 1. The van der Waals surface area contributed by atoms with Crippen molar-refractivity contribution in [2.75, 3.05) is 31.9 Å². The summed E-state index contributed by atoms with van der Waals surface area (Å²) < 4.78 is 0. The van der Waals surface area contributed by atoms with Gasteiger partial charge in [-0.1, -0.05) is 6.92 Å². The number of rotatable bonds is 2. The Morgan fingerprint density at radius 3 is 2.90 bits per heavy atom. The van der Waals surface area contributed by atoms with Gasteiger partial charge in [-0.25, -0.2) is 9.59 Å². The van der Waals surface area contributed by atoms with Gasteiger partial charge >= 0.3 is 12.0 Å². The number of aliphatic carboxylic acids is 1. The third-order valence-electron chi connectivity index (χ3n) is 3.58. The minimum atomic E-state index is -1.09. The fraction of sp³-hybridized carbons (Fsp3) is 0.750. The zero-order chi connectivity index (χ0) is 14.7. The van der Waals surface area contributed by atoms with Crippen molar-refractivity contribution in [3.63, 3.8) is 0 Å². The van der Waals surface area contributed by atoms with Crippen LogP contribution in [0.15, 0.2) is 0 Å². The van der Waals surface area contributed by atoms with Gasteiger partial charge in [-0.15, -0.1) is 0 Å². The molecule has 2 fully saturated rings. The second-order valence-electron chi connectivity index (χ2n) is 4.92. The average Bonchev–Trinajstić information content (AvgIpc) is 2.46. The molecule has 2 heterocycles. The SMILES string of the molecule is CCC1CN(C(=O)N2CC(=O)NCC2C(=O)O)CCS1. The molecule has 0 saturated carbocycles. The predicted octanol–water partition coefficient (Wildman–Crippen LogP) is -0.181. The quantitative estimate of drug-likeness (QED) is 0.738. The summed E-state index contributed by atoms with van der Waals surface area (Å²) in [7, 11) is 0.